The first-order valence-corrected chi connectivity index (χ1v) is 3.97. The van der Waals surface area contributed by atoms with Crippen LogP contribution in [-0.2, 0) is 4.79 Å². The fraction of sp³-hybridized carbons (Fsp3) is 0. The molecule has 0 aromatic carbocycles. The number of rotatable bonds is 2. The quantitative estimate of drug-likeness (QED) is 0.710. The SMILES string of the molecule is O=C(O)C=Cc1cnc2cccnn12. The van der Waals surface area contributed by atoms with E-state index in [2.05, 4.69) is 10.1 Å². The number of hydrogen-bond donors (Lipinski definition) is 1. The molecule has 0 aliphatic heterocycles. The Morgan fingerprint density at radius 1 is 1.57 bits per heavy atom. The smallest absolute Gasteiger partial charge is 0.328 e. The van der Waals surface area contributed by atoms with Crippen molar-refractivity contribution in [1.82, 2.24) is 14.6 Å². The van der Waals surface area contributed by atoms with Gasteiger partial charge in [0, 0.05) is 12.3 Å². The number of imidazole rings is 1. The number of hydrogen-bond acceptors (Lipinski definition) is 3. The van der Waals surface area contributed by atoms with Gasteiger partial charge in [0.25, 0.3) is 0 Å². The molecule has 0 spiro atoms. The Balaban J connectivity index is 2.48. The third-order valence-corrected chi connectivity index (χ3v) is 1.70. The molecule has 70 valence electrons. The van der Waals surface area contributed by atoms with Crippen LogP contribution in [0.25, 0.3) is 11.7 Å². The van der Waals surface area contributed by atoms with Crippen molar-refractivity contribution >= 4 is 17.7 Å². The zero-order chi connectivity index (χ0) is 9.97. The molecule has 5 nitrogen and oxygen atoms in total. The molecule has 0 bridgehead atoms. The maximum absolute atomic E-state index is 10.3. The second-order valence-electron chi connectivity index (χ2n) is 2.65. The van der Waals surface area contributed by atoms with E-state index in [1.54, 1.807) is 29.0 Å². The van der Waals surface area contributed by atoms with Crippen LogP contribution in [0.4, 0.5) is 0 Å². The molecule has 14 heavy (non-hydrogen) atoms. The zero-order valence-electron chi connectivity index (χ0n) is 7.16. The Hall–Kier alpha value is -2.17. The van der Waals surface area contributed by atoms with Crippen molar-refractivity contribution < 1.29 is 9.90 Å². The summed E-state index contributed by atoms with van der Waals surface area (Å²) in [7, 11) is 0. The van der Waals surface area contributed by atoms with E-state index in [1.807, 2.05) is 0 Å². The highest BCUT2D eigenvalue weighted by Gasteiger charge is 1.99. The average Bonchev–Trinajstić information content (AvgIpc) is 2.58. The molecule has 2 heterocycles. The van der Waals surface area contributed by atoms with Crippen molar-refractivity contribution in [2.45, 2.75) is 0 Å². The standard InChI is InChI=1S/C9H7N3O2/c13-9(14)4-3-7-6-10-8-2-1-5-11-12(7)8/h1-6H,(H,13,14). The molecule has 0 saturated heterocycles. The van der Waals surface area contributed by atoms with Crippen LogP contribution in [0, 0.1) is 0 Å². The van der Waals surface area contributed by atoms with Crippen molar-refractivity contribution in [2.24, 2.45) is 0 Å². The zero-order valence-corrected chi connectivity index (χ0v) is 7.16. The summed E-state index contributed by atoms with van der Waals surface area (Å²) in [4.78, 5) is 14.3. The molecule has 2 rings (SSSR count). The lowest BCUT2D eigenvalue weighted by molar-refractivity contribution is -0.131. The average molecular weight is 189 g/mol. The van der Waals surface area contributed by atoms with Crippen LogP contribution < -0.4 is 0 Å². The minimum absolute atomic E-state index is 0.642. The number of aliphatic carboxylic acids is 1. The van der Waals surface area contributed by atoms with Gasteiger partial charge in [0.15, 0.2) is 5.65 Å². The van der Waals surface area contributed by atoms with E-state index in [0.29, 0.717) is 11.3 Å². The van der Waals surface area contributed by atoms with Gasteiger partial charge in [0.2, 0.25) is 0 Å². The van der Waals surface area contributed by atoms with E-state index in [0.717, 1.165) is 6.08 Å². The van der Waals surface area contributed by atoms with Gasteiger partial charge in [-0.3, -0.25) is 0 Å². The van der Waals surface area contributed by atoms with Crippen LogP contribution in [0.1, 0.15) is 5.69 Å². The van der Waals surface area contributed by atoms with Gasteiger partial charge in [0.1, 0.15) is 0 Å². The monoisotopic (exact) mass is 189 g/mol. The highest BCUT2D eigenvalue weighted by molar-refractivity contribution is 5.85. The Kier molecular flexibility index (Phi) is 1.98. The second kappa shape index (κ2) is 3.29. The highest BCUT2D eigenvalue weighted by atomic mass is 16.4. The van der Waals surface area contributed by atoms with Crippen molar-refractivity contribution in [3.63, 3.8) is 0 Å². The molecule has 0 amide bonds. The summed E-state index contributed by atoms with van der Waals surface area (Å²) in [6.07, 6.45) is 5.70. The summed E-state index contributed by atoms with van der Waals surface area (Å²) < 4.78 is 1.57. The Bertz CT molecular complexity index is 501. The van der Waals surface area contributed by atoms with Crippen molar-refractivity contribution in [3.8, 4) is 0 Å². The Morgan fingerprint density at radius 3 is 3.21 bits per heavy atom. The lowest BCUT2D eigenvalue weighted by Gasteiger charge is -1.92. The van der Waals surface area contributed by atoms with Crippen molar-refractivity contribution in [2.75, 3.05) is 0 Å². The first kappa shape index (κ1) is 8.43. The van der Waals surface area contributed by atoms with Crippen molar-refractivity contribution in [1.29, 1.82) is 0 Å². The van der Waals surface area contributed by atoms with Gasteiger partial charge in [0.05, 0.1) is 11.9 Å². The number of carboxylic acids is 1. The first-order chi connectivity index (χ1) is 6.77. The van der Waals surface area contributed by atoms with Crippen LogP contribution in [0.15, 0.2) is 30.6 Å². The minimum atomic E-state index is -0.990. The van der Waals surface area contributed by atoms with Crippen LogP contribution in [0.2, 0.25) is 0 Å². The molecule has 0 radical (unpaired) electrons. The third kappa shape index (κ3) is 1.47. The number of carboxylic acid groups (broad SMARTS) is 1. The molecule has 0 aliphatic carbocycles. The van der Waals surface area contributed by atoms with E-state index in [1.165, 1.54) is 6.08 Å². The topological polar surface area (TPSA) is 67.5 Å². The summed E-state index contributed by atoms with van der Waals surface area (Å²) in [6, 6.07) is 3.57. The first-order valence-electron chi connectivity index (χ1n) is 3.97. The molecule has 1 N–H and O–H groups in total. The lowest BCUT2D eigenvalue weighted by atomic mass is 10.4. The third-order valence-electron chi connectivity index (χ3n) is 1.70. The van der Waals surface area contributed by atoms with Gasteiger partial charge in [-0.2, -0.15) is 5.10 Å². The lowest BCUT2D eigenvalue weighted by Crippen LogP contribution is -1.92. The van der Waals surface area contributed by atoms with E-state index >= 15 is 0 Å². The fourth-order valence-corrected chi connectivity index (χ4v) is 1.12. The largest absolute Gasteiger partial charge is 0.478 e. The van der Waals surface area contributed by atoms with Gasteiger partial charge in [-0.15, -0.1) is 0 Å². The number of nitrogens with zero attached hydrogens (tertiary/aromatic N) is 3. The van der Waals surface area contributed by atoms with Crippen LogP contribution >= 0.6 is 0 Å². The molecule has 0 fully saturated rings. The predicted octanol–water partition coefficient (Wildman–Crippen LogP) is 0.827. The van der Waals surface area contributed by atoms with E-state index < -0.39 is 5.97 Å². The summed E-state index contributed by atoms with van der Waals surface area (Å²) in [5, 5.41) is 12.5. The Morgan fingerprint density at radius 2 is 2.43 bits per heavy atom. The fourth-order valence-electron chi connectivity index (χ4n) is 1.12. The Labute approximate surface area is 79.3 Å². The van der Waals surface area contributed by atoms with Gasteiger partial charge in [-0.05, 0) is 18.2 Å². The van der Waals surface area contributed by atoms with Gasteiger partial charge in [-0.1, -0.05) is 0 Å². The summed E-state index contributed by atoms with van der Waals surface area (Å²) in [6.45, 7) is 0. The summed E-state index contributed by atoms with van der Waals surface area (Å²) >= 11 is 0. The molecular weight excluding hydrogens is 182 g/mol. The van der Waals surface area contributed by atoms with Crippen LogP contribution in [0.5, 0.6) is 0 Å². The molecule has 2 aromatic heterocycles. The second-order valence-corrected chi connectivity index (χ2v) is 2.65. The number of aromatic nitrogens is 3. The molecular formula is C9H7N3O2. The van der Waals surface area contributed by atoms with Crippen LogP contribution in [0.3, 0.4) is 0 Å². The number of carbonyl (C=O) groups is 1. The molecule has 5 heteroatoms. The van der Waals surface area contributed by atoms with Crippen molar-refractivity contribution in [3.05, 3.63) is 36.3 Å². The van der Waals surface area contributed by atoms with Gasteiger partial charge >= 0.3 is 5.97 Å². The molecule has 2 aromatic rings. The normalized spacial score (nSPS) is 11.1. The van der Waals surface area contributed by atoms with Gasteiger partial charge in [-0.25, -0.2) is 14.3 Å². The van der Waals surface area contributed by atoms with E-state index in [4.69, 9.17) is 5.11 Å². The summed E-state index contributed by atoms with van der Waals surface area (Å²) in [5.41, 5.74) is 1.33. The molecule has 0 atom stereocenters. The molecule has 0 saturated carbocycles. The molecule has 0 aliphatic rings. The van der Waals surface area contributed by atoms with E-state index in [9.17, 15) is 4.79 Å². The predicted molar refractivity (Wildman–Crippen MR) is 49.7 cm³/mol. The minimum Gasteiger partial charge on any atom is -0.478 e. The maximum atomic E-state index is 10.3. The highest BCUT2D eigenvalue weighted by Crippen LogP contribution is 2.04. The maximum Gasteiger partial charge on any atom is 0.328 e. The molecule has 0 unspecified atom stereocenters. The number of fused-ring (bicyclic) bond motifs is 1. The summed E-state index contributed by atoms with van der Waals surface area (Å²) in [5.74, 6) is -0.990. The van der Waals surface area contributed by atoms with Crippen LogP contribution in [-0.4, -0.2) is 25.7 Å². The van der Waals surface area contributed by atoms with E-state index in [-0.39, 0.29) is 0 Å². The van der Waals surface area contributed by atoms with Gasteiger partial charge < -0.3 is 5.11 Å².